The number of carbonyl (C=O) groups excluding carboxylic acids is 3. The third kappa shape index (κ3) is 4.62. The second kappa shape index (κ2) is 10.3. The fourth-order valence-corrected chi connectivity index (χ4v) is 4.04. The number of benzene rings is 2. The van der Waals surface area contributed by atoms with Crippen LogP contribution in [-0.4, -0.2) is 29.3 Å². The second-order valence-electron chi connectivity index (χ2n) is 8.24. The van der Waals surface area contributed by atoms with Gasteiger partial charge in [-0.2, -0.15) is 5.26 Å². The molecule has 1 aromatic heterocycles. The summed E-state index contributed by atoms with van der Waals surface area (Å²) in [5.41, 5.74) is 2.40. The van der Waals surface area contributed by atoms with Gasteiger partial charge in [-0.3, -0.25) is 14.5 Å². The average molecular weight is 481 g/mol. The summed E-state index contributed by atoms with van der Waals surface area (Å²) < 4.78 is 10.9. The zero-order valence-electron chi connectivity index (χ0n) is 20.1. The molecule has 180 valence electrons. The number of hydrogen-bond acceptors (Lipinski definition) is 6. The Morgan fingerprint density at radius 3 is 2.39 bits per heavy atom. The van der Waals surface area contributed by atoms with Crippen molar-refractivity contribution < 1.29 is 23.5 Å². The van der Waals surface area contributed by atoms with E-state index in [1.54, 1.807) is 63.2 Å². The molecule has 0 N–H and O–H groups in total. The summed E-state index contributed by atoms with van der Waals surface area (Å²) in [5.74, 6) is -0.585. The van der Waals surface area contributed by atoms with Gasteiger partial charge in [-0.1, -0.05) is 42.5 Å². The highest BCUT2D eigenvalue weighted by atomic mass is 16.5. The topological polar surface area (TPSA) is 101 Å². The number of ether oxygens (including phenoxy) is 1. The first-order valence-electron chi connectivity index (χ1n) is 11.5. The molecule has 1 aliphatic heterocycles. The van der Waals surface area contributed by atoms with Crippen molar-refractivity contribution in [3.05, 3.63) is 100 Å². The van der Waals surface area contributed by atoms with Gasteiger partial charge in [0.15, 0.2) is 0 Å². The van der Waals surface area contributed by atoms with E-state index in [1.165, 1.54) is 0 Å². The van der Waals surface area contributed by atoms with E-state index in [1.807, 2.05) is 36.4 Å². The summed E-state index contributed by atoms with van der Waals surface area (Å²) in [4.78, 5) is 39.5. The molecule has 0 radical (unpaired) electrons. The van der Waals surface area contributed by atoms with Crippen LogP contribution in [0, 0.1) is 11.3 Å². The van der Waals surface area contributed by atoms with E-state index in [2.05, 4.69) is 0 Å². The van der Waals surface area contributed by atoms with Gasteiger partial charge in [0.05, 0.1) is 18.2 Å². The average Bonchev–Trinajstić information content (AvgIpc) is 3.36. The summed E-state index contributed by atoms with van der Waals surface area (Å²) in [6.45, 7) is 5.38. The van der Waals surface area contributed by atoms with Gasteiger partial charge in [0.2, 0.25) is 0 Å². The number of hydrogen-bond donors (Lipinski definition) is 0. The maximum Gasteiger partial charge on any atom is 0.338 e. The standard InChI is InChI=1S/C29H24N2O5/c1-4-35-29(34)22-12-10-21(11-13-22)26-15-14-23(36-26)16-24-18(2)25(17-30)28(33)31(27(24)32)19(3)20-8-6-5-7-9-20/h5-16,19H,4H2,1-3H3/b24-16+. The number of rotatable bonds is 6. The van der Waals surface area contributed by atoms with Gasteiger partial charge in [-0.25, -0.2) is 4.79 Å². The maximum absolute atomic E-state index is 13.5. The molecule has 0 fully saturated rings. The van der Waals surface area contributed by atoms with Gasteiger partial charge in [-0.05, 0) is 62.2 Å². The minimum absolute atomic E-state index is 0.0787. The normalized spacial score (nSPS) is 15.7. The number of imide groups is 1. The Morgan fingerprint density at radius 1 is 1.06 bits per heavy atom. The Labute approximate surface area is 208 Å². The Hall–Kier alpha value is -4.70. The molecule has 1 aliphatic rings. The van der Waals surface area contributed by atoms with Crippen LogP contribution < -0.4 is 0 Å². The molecule has 7 nitrogen and oxygen atoms in total. The first-order chi connectivity index (χ1) is 17.3. The minimum Gasteiger partial charge on any atom is -0.462 e. The molecular weight excluding hydrogens is 456 g/mol. The molecule has 0 saturated carbocycles. The Bertz CT molecular complexity index is 1420. The van der Waals surface area contributed by atoms with E-state index in [4.69, 9.17) is 9.15 Å². The quantitative estimate of drug-likeness (QED) is 0.263. The summed E-state index contributed by atoms with van der Waals surface area (Å²) in [5, 5.41) is 9.67. The summed E-state index contributed by atoms with van der Waals surface area (Å²) in [6.07, 6.45) is 1.54. The monoisotopic (exact) mass is 480 g/mol. The lowest BCUT2D eigenvalue weighted by molar-refractivity contribution is -0.143. The third-order valence-corrected chi connectivity index (χ3v) is 6.04. The van der Waals surface area contributed by atoms with E-state index in [9.17, 15) is 19.6 Å². The minimum atomic E-state index is -0.615. The van der Waals surface area contributed by atoms with E-state index < -0.39 is 23.8 Å². The van der Waals surface area contributed by atoms with Crippen LogP contribution in [0.3, 0.4) is 0 Å². The molecule has 7 heteroatoms. The zero-order chi connectivity index (χ0) is 25.8. The molecule has 2 aromatic carbocycles. The highest BCUT2D eigenvalue weighted by molar-refractivity contribution is 6.19. The van der Waals surface area contributed by atoms with Crippen molar-refractivity contribution in [1.29, 1.82) is 5.26 Å². The molecule has 0 aliphatic carbocycles. The van der Waals surface area contributed by atoms with Crippen molar-refractivity contribution in [2.24, 2.45) is 0 Å². The summed E-state index contributed by atoms with van der Waals surface area (Å²) in [6, 6.07) is 20.8. The predicted molar refractivity (Wildman–Crippen MR) is 133 cm³/mol. The van der Waals surface area contributed by atoms with Gasteiger partial charge in [0.1, 0.15) is 23.2 Å². The van der Waals surface area contributed by atoms with Crippen LogP contribution in [0.2, 0.25) is 0 Å². The van der Waals surface area contributed by atoms with Gasteiger partial charge in [0, 0.05) is 11.1 Å². The maximum atomic E-state index is 13.5. The molecule has 1 unspecified atom stereocenters. The third-order valence-electron chi connectivity index (χ3n) is 6.04. The number of nitriles is 1. The van der Waals surface area contributed by atoms with Crippen molar-refractivity contribution in [1.82, 2.24) is 4.90 Å². The second-order valence-corrected chi connectivity index (χ2v) is 8.24. The van der Waals surface area contributed by atoms with Gasteiger partial charge < -0.3 is 9.15 Å². The SMILES string of the molecule is CCOC(=O)c1ccc(-c2ccc(/C=C3/C(=O)N(C(C)c4ccccc4)C(=O)C(C#N)=C3C)o2)cc1. The van der Waals surface area contributed by atoms with Crippen LogP contribution >= 0.6 is 0 Å². The number of esters is 1. The van der Waals surface area contributed by atoms with Crippen LogP contribution in [-0.2, 0) is 14.3 Å². The Balaban J connectivity index is 1.67. The molecule has 3 aromatic rings. The molecule has 0 saturated heterocycles. The van der Waals surface area contributed by atoms with E-state index in [0.29, 0.717) is 29.3 Å². The fourth-order valence-electron chi connectivity index (χ4n) is 4.04. The lowest BCUT2D eigenvalue weighted by Crippen LogP contribution is -2.44. The molecule has 2 amide bonds. The van der Waals surface area contributed by atoms with Crippen molar-refractivity contribution in [3.63, 3.8) is 0 Å². The zero-order valence-corrected chi connectivity index (χ0v) is 20.1. The van der Waals surface area contributed by atoms with Crippen LogP contribution in [0.15, 0.2) is 87.9 Å². The molecule has 1 atom stereocenters. The first-order valence-corrected chi connectivity index (χ1v) is 11.5. The molecule has 2 heterocycles. The van der Waals surface area contributed by atoms with E-state index in [-0.39, 0.29) is 11.1 Å². The van der Waals surface area contributed by atoms with Gasteiger partial charge >= 0.3 is 5.97 Å². The highest BCUT2D eigenvalue weighted by Crippen LogP contribution is 2.33. The number of nitrogens with zero attached hydrogens (tertiary/aromatic N) is 2. The highest BCUT2D eigenvalue weighted by Gasteiger charge is 2.38. The number of furan rings is 1. The van der Waals surface area contributed by atoms with Crippen molar-refractivity contribution >= 4 is 23.9 Å². The number of carbonyl (C=O) groups is 3. The van der Waals surface area contributed by atoms with Crippen LogP contribution in [0.4, 0.5) is 0 Å². The van der Waals surface area contributed by atoms with E-state index in [0.717, 1.165) is 16.0 Å². The first kappa shape index (κ1) is 24.4. The predicted octanol–water partition coefficient (Wildman–Crippen LogP) is 5.48. The molecule has 0 bridgehead atoms. The molecule has 36 heavy (non-hydrogen) atoms. The van der Waals surface area contributed by atoms with Crippen LogP contribution in [0.5, 0.6) is 0 Å². The lowest BCUT2D eigenvalue weighted by Gasteiger charge is -2.32. The summed E-state index contributed by atoms with van der Waals surface area (Å²) in [7, 11) is 0. The Morgan fingerprint density at radius 2 is 1.75 bits per heavy atom. The van der Waals surface area contributed by atoms with E-state index >= 15 is 0 Å². The van der Waals surface area contributed by atoms with Crippen molar-refractivity contribution in [3.8, 4) is 17.4 Å². The van der Waals surface area contributed by atoms with Crippen LogP contribution in [0.25, 0.3) is 17.4 Å². The van der Waals surface area contributed by atoms with Crippen molar-refractivity contribution in [2.75, 3.05) is 6.61 Å². The van der Waals surface area contributed by atoms with Crippen LogP contribution in [0.1, 0.15) is 48.5 Å². The smallest absolute Gasteiger partial charge is 0.338 e. The number of amides is 2. The van der Waals surface area contributed by atoms with Gasteiger partial charge in [-0.15, -0.1) is 0 Å². The fraction of sp³-hybridized carbons (Fsp3) is 0.172. The van der Waals surface area contributed by atoms with Crippen molar-refractivity contribution in [2.45, 2.75) is 26.8 Å². The molecular formula is C29H24N2O5. The van der Waals surface area contributed by atoms with Gasteiger partial charge in [0.25, 0.3) is 11.8 Å². The lowest BCUT2D eigenvalue weighted by atomic mass is 9.92. The summed E-state index contributed by atoms with van der Waals surface area (Å²) >= 11 is 0. The Kier molecular flexibility index (Phi) is 6.98. The largest absolute Gasteiger partial charge is 0.462 e. The molecule has 0 spiro atoms. The molecule has 4 rings (SSSR count).